The Hall–Kier alpha value is -3.60. The molecule has 0 aromatic carbocycles. The van der Waals surface area contributed by atoms with Gasteiger partial charge in [-0.2, -0.15) is 10.4 Å². The number of aromatic nitrogens is 5. The Balaban J connectivity index is 1.41. The average molecular weight is 606 g/mol. The summed E-state index contributed by atoms with van der Waals surface area (Å²) in [7, 11) is 3.76. The molecule has 13 heteroatoms. The van der Waals surface area contributed by atoms with Crippen LogP contribution in [0, 0.1) is 11.3 Å². The van der Waals surface area contributed by atoms with E-state index in [4.69, 9.17) is 20.2 Å². The van der Waals surface area contributed by atoms with Gasteiger partial charge in [-0.05, 0) is 65.0 Å². The first-order valence-electron chi connectivity index (χ1n) is 14.8. The summed E-state index contributed by atoms with van der Waals surface area (Å²) in [6.45, 7) is 4.63. The van der Waals surface area contributed by atoms with E-state index in [-0.39, 0.29) is 0 Å². The summed E-state index contributed by atoms with van der Waals surface area (Å²) in [5, 5.41) is 31.1. The number of rotatable bonds is 5. The second-order valence-corrected chi connectivity index (χ2v) is 14.2. The van der Waals surface area contributed by atoms with E-state index in [2.05, 4.69) is 16.3 Å². The van der Waals surface area contributed by atoms with E-state index in [1.807, 2.05) is 23.9 Å². The Morgan fingerprint density at radius 3 is 2.74 bits per heavy atom. The Labute approximate surface area is 253 Å². The number of nitrogens with two attached hydrogens (primary N) is 1. The molecule has 3 atom stereocenters. The third-order valence-corrected chi connectivity index (χ3v) is 10.3. The SMILES string of the molecule is CN1CC(F)C(n2ncc3c(N(C)CC(C)(C)O)nc(-c4noc5c4CCCC54CCCc5sc(N)c(C#N)c54)nc32)C1. The molecule has 0 amide bonds. The lowest BCUT2D eigenvalue weighted by Crippen LogP contribution is -2.36. The van der Waals surface area contributed by atoms with Gasteiger partial charge in [0.15, 0.2) is 22.9 Å². The van der Waals surface area contributed by atoms with E-state index >= 15 is 4.39 Å². The van der Waals surface area contributed by atoms with Crippen LogP contribution in [0.4, 0.5) is 15.2 Å². The van der Waals surface area contributed by atoms with Crippen molar-refractivity contribution in [3.8, 4) is 17.6 Å². The molecule has 1 fully saturated rings. The van der Waals surface area contributed by atoms with E-state index in [1.165, 1.54) is 11.3 Å². The maximum atomic E-state index is 15.1. The number of hydrogen-bond acceptors (Lipinski definition) is 11. The van der Waals surface area contributed by atoms with Gasteiger partial charge in [-0.25, -0.2) is 19.0 Å². The second kappa shape index (κ2) is 9.97. The highest BCUT2D eigenvalue weighted by Gasteiger charge is 2.49. The van der Waals surface area contributed by atoms with Crippen molar-refractivity contribution in [2.24, 2.45) is 0 Å². The Bertz CT molecular complexity index is 1760. The van der Waals surface area contributed by atoms with Crippen molar-refractivity contribution in [3.63, 3.8) is 0 Å². The van der Waals surface area contributed by atoms with Crippen molar-refractivity contribution >= 4 is 33.2 Å². The standard InChI is InChI=1S/C30H36FN9O2S/c1-29(2,41)15-39(4)27-18-12-34-40(20-14-38(3)13-19(20)31)28(18)36-26(35-27)23-16-7-5-9-30(24(16)42-37-23)10-6-8-21-22(30)17(11-32)25(33)43-21/h12,19-20,41H,5-10,13-15,33H2,1-4H3. The van der Waals surface area contributed by atoms with Crippen LogP contribution in [-0.4, -0.2) is 80.4 Å². The van der Waals surface area contributed by atoms with Gasteiger partial charge in [0.2, 0.25) is 0 Å². The molecular weight excluding hydrogens is 569 g/mol. The fourth-order valence-corrected chi connectivity index (χ4v) is 8.74. The van der Waals surface area contributed by atoms with Crippen LogP contribution >= 0.6 is 11.3 Å². The lowest BCUT2D eigenvalue weighted by atomic mass is 9.63. The maximum absolute atomic E-state index is 15.1. The number of alkyl halides is 1. The van der Waals surface area contributed by atoms with Crippen LogP contribution in [0.2, 0.25) is 0 Å². The molecule has 226 valence electrons. The van der Waals surface area contributed by atoms with Crippen molar-refractivity contribution in [2.45, 2.75) is 75.6 Å². The minimum Gasteiger partial charge on any atom is -0.389 e. The summed E-state index contributed by atoms with van der Waals surface area (Å²) < 4.78 is 23.0. The summed E-state index contributed by atoms with van der Waals surface area (Å²) >= 11 is 1.51. The minimum absolute atomic E-state index is 0.307. The zero-order valence-corrected chi connectivity index (χ0v) is 25.7. The van der Waals surface area contributed by atoms with Gasteiger partial charge >= 0.3 is 0 Å². The highest BCUT2D eigenvalue weighted by molar-refractivity contribution is 7.16. The van der Waals surface area contributed by atoms with Crippen LogP contribution in [-0.2, 0) is 18.3 Å². The van der Waals surface area contributed by atoms with Gasteiger partial charge in [0.25, 0.3) is 0 Å². The smallest absolute Gasteiger partial charge is 0.186 e. The minimum atomic E-state index is -1.09. The van der Waals surface area contributed by atoms with Crippen molar-refractivity contribution in [3.05, 3.63) is 33.5 Å². The first kappa shape index (κ1) is 28.2. The maximum Gasteiger partial charge on any atom is 0.186 e. The van der Waals surface area contributed by atoms with E-state index in [0.717, 1.165) is 60.3 Å². The topological polar surface area (TPSA) is 146 Å². The number of aryl methyl sites for hydroxylation is 1. The summed E-state index contributed by atoms with van der Waals surface area (Å²) in [5.41, 5.74) is 8.45. The van der Waals surface area contributed by atoms with Gasteiger partial charge in [0, 0.05) is 37.1 Å². The van der Waals surface area contributed by atoms with E-state index in [9.17, 15) is 10.4 Å². The molecule has 5 heterocycles. The Kier molecular flexibility index (Phi) is 6.54. The van der Waals surface area contributed by atoms with E-state index in [0.29, 0.717) is 58.6 Å². The molecule has 4 aromatic heterocycles. The molecular formula is C30H36FN9O2S. The number of nitrogens with zero attached hydrogens (tertiary/aromatic N) is 8. The van der Waals surface area contributed by atoms with Crippen molar-refractivity contribution in [1.29, 1.82) is 5.26 Å². The number of anilines is 2. The molecule has 7 rings (SSSR count). The van der Waals surface area contributed by atoms with Crippen LogP contribution in [0.25, 0.3) is 22.6 Å². The molecule has 1 saturated heterocycles. The molecule has 4 aromatic rings. The molecule has 3 aliphatic rings. The highest BCUT2D eigenvalue weighted by Crippen LogP contribution is 2.55. The van der Waals surface area contributed by atoms with Crippen LogP contribution in [0.15, 0.2) is 10.7 Å². The zero-order valence-electron chi connectivity index (χ0n) is 24.9. The lowest BCUT2D eigenvalue weighted by molar-refractivity contribution is 0.0885. The van der Waals surface area contributed by atoms with Gasteiger partial charge in [-0.3, -0.25) is 0 Å². The molecule has 0 bridgehead atoms. The van der Waals surface area contributed by atoms with Crippen LogP contribution < -0.4 is 10.6 Å². The molecule has 2 aliphatic carbocycles. The molecule has 3 unspecified atom stereocenters. The fraction of sp³-hybridized carbons (Fsp3) is 0.567. The number of halogens is 1. The zero-order chi connectivity index (χ0) is 30.3. The first-order valence-corrected chi connectivity index (χ1v) is 15.6. The third kappa shape index (κ3) is 4.41. The molecule has 43 heavy (non-hydrogen) atoms. The number of hydrogen-bond donors (Lipinski definition) is 2. The monoisotopic (exact) mass is 605 g/mol. The first-order chi connectivity index (χ1) is 20.5. The van der Waals surface area contributed by atoms with Gasteiger partial charge < -0.3 is 25.2 Å². The molecule has 11 nitrogen and oxygen atoms in total. The van der Waals surface area contributed by atoms with Gasteiger partial charge in [0.05, 0.1) is 34.2 Å². The lowest BCUT2D eigenvalue weighted by Gasteiger charge is -2.39. The number of aliphatic hydroxyl groups is 1. The molecule has 0 radical (unpaired) electrons. The van der Waals surface area contributed by atoms with Crippen LogP contribution in [0.5, 0.6) is 0 Å². The van der Waals surface area contributed by atoms with Crippen LogP contribution in [0.3, 0.4) is 0 Å². The number of nitrogen functional groups attached to an aromatic ring is 1. The van der Waals surface area contributed by atoms with Gasteiger partial charge in [-0.15, -0.1) is 11.3 Å². The quantitative estimate of drug-likeness (QED) is 0.342. The predicted octanol–water partition coefficient (Wildman–Crippen LogP) is 3.99. The van der Waals surface area contributed by atoms with Gasteiger partial charge in [0.1, 0.15) is 23.1 Å². The second-order valence-electron chi connectivity index (χ2n) is 13.0. The number of likely N-dealkylation sites (tertiary alicyclic amines) is 1. The number of nitriles is 1. The highest BCUT2D eigenvalue weighted by atomic mass is 32.1. The average Bonchev–Trinajstić information content (AvgIpc) is 3.71. The summed E-state index contributed by atoms with van der Waals surface area (Å²) in [4.78, 5) is 14.9. The molecule has 1 aliphatic heterocycles. The van der Waals surface area contributed by atoms with Crippen molar-refractivity contribution in [1.82, 2.24) is 29.8 Å². The Morgan fingerprint density at radius 1 is 1.28 bits per heavy atom. The molecule has 3 N–H and O–H groups in total. The predicted molar refractivity (Wildman–Crippen MR) is 162 cm³/mol. The van der Waals surface area contributed by atoms with E-state index in [1.54, 1.807) is 24.7 Å². The molecule has 1 spiro atoms. The number of fused-ring (bicyclic) bond motifs is 5. The molecule has 0 saturated carbocycles. The van der Waals surface area contributed by atoms with Gasteiger partial charge in [-0.1, -0.05) is 5.16 Å². The van der Waals surface area contributed by atoms with Crippen LogP contribution in [0.1, 0.15) is 72.9 Å². The fourth-order valence-electron chi connectivity index (χ4n) is 7.58. The number of thiophene rings is 1. The summed E-state index contributed by atoms with van der Waals surface area (Å²) in [5.74, 6) is 1.72. The summed E-state index contributed by atoms with van der Waals surface area (Å²) in [6, 6.07) is 1.88. The third-order valence-electron chi connectivity index (χ3n) is 9.21. The Morgan fingerprint density at radius 2 is 2.05 bits per heavy atom. The van der Waals surface area contributed by atoms with Crippen molar-refractivity contribution < 1.29 is 14.0 Å². The normalized spacial score (nSPS) is 23.9. The largest absolute Gasteiger partial charge is 0.389 e. The number of likely N-dealkylation sites (N-methyl/N-ethyl adjacent to an activating group) is 2. The van der Waals surface area contributed by atoms with Crippen molar-refractivity contribution in [2.75, 3.05) is 44.4 Å². The van der Waals surface area contributed by atoms with E-state index < -0.39 is 23.2 Å². The summed E-state index contributed by atoms with van der Waals surface area (Å²) in [6.07, 6.45) is 5.81.